The summed E-state index contributed by atoms with van der Waals surface area (Å²) in [6.45, 7) is 0. The summed E-state index contributed by atoms with van der Waals surface area (Å²) in [5.41, 5.74) is 2.87. The number of hydrogen-bond donors (Lipinski definition) is 2. The van der Waals surface area contributed by atoms with Crippen LogP contribution < -0.4 is 0 Å². The van der Waals surface area contributed by atoms with Crippen molar-refractivity contribution < 1.29 is 10.2 Å². The number of phenols is 2. The number of nitrogens with zero attached hydrogens (tertiary/aromatic N) is 1. The molecule has 3 aromatic carbocycles. The van der Waals surface area contributed by atoms with Gasteiger partial charge in [-0.05, 0) is 36.4 Å². The van der Waals surface area contributed by atoms with Gasteiger partial charge in [-0.2, -0.15) is 0 Å². The predicted molar refractivity (Wildman–Crippen MR) is 96.7 cm³/mol. The van der Waals surface area contributed by atoms with Crippen LogP contribution in [0.25, 0.3) is 6.08 Å². The molecular weight excluding hydrogens is 298 g/mol. The Labute approximate surface area is 140 Å². The molecular formula is C21H16NO2+. The van der Waals surface area contributed by atoms with Crippen molar-refractivity contribution in [2.24, 2.45) is 4.99 Å². The van der Waals surface area contributed by atoms with Gasteiger partial charge < -0.3 is 10.2 Å². The number of hydrogen-bond acceptors (Lipinski definition) is 3. The average molecular weight is 314 g/mol. The first-order valence-corrected chi connectivity index (χ1v) is 7.53. The molecule has 0 bridgehead atoms. The lowest BCUT2D eigenvalue weighted by molar-refractivity contribution is 0.473. The largest absolute Gasteiger partial charge is 0.507 e. The van der Waals surface area contributed by atoms with E-state index in [0.29, 0.717) is 11.1 Å². The monoisotopic (exact) mass is 314 g/mol. The molecule has 2 N–H and O–H groups in total. The fourth-order valence-electron chi connectivity index (χ4n) is 2.21. The SMILES string of the molecule is Oc1ccccc1C=[C+]c1ccccc1N=Cc1ccccc1O. The highest BCUT2D eigenvalue weighted by atomic mass is 16.3. The average Bonchev–Trinajstić information content (AvgIpc) is 2.61. The Bertz CT molecular complexity index is 823. The van der Waals surface area contributed by atoms with E-state index < -0.39 is 0 Å². The summed E-state index contributed by atoms with van der Waals surface area (Å²) in [6, 6.07) is 21.7. The summed E-state index contributed by atoms with van der Waals surface area (Å²) >= 11 is 0. The van der Waals surface area contributed by atoms with Crippen LogP contribution in [-0.2, 0) is 0 Å². The standard InChI is InChI=1S/C21H15NO2/c23-20-11-5-2-8-17(20)14-13-16-7-1-4-10-19(16)22-15-18-9-3-6-12-21(18)24/h1-12,14-15H,(H-,22,23,24)/p+1. The molecule has 0 fully saturated rings. The van der Waals surface area contributed by atoms with E-state index >= 15 is 0 Å². The van der Waals surface area contributed by atoms with Gasteiger partial charge in [0, 0.05) is 23.8 Å². The molecule has 0 heterocycles. The van der Waals surface area contributed by atoms with Crippen molar-refractivity contribution in [1.29, 1.82) is 0 Å². The van der Waals surface area contributed by atoms with Gasteiger partial charge in [-0.1, -0.05) is 24.3 Å². The fraction of sp³-hybridized carbons (Fsp3) is 0. The zero-order chi connectivity index (χ0) is 16.8. The van der Waals surface area contributed by atoms with E-state index in [1.165, 1.54) is 0 Å². The number of aliphatic imine (C=N–C) groups is 1. The van der Waals surface area contributed by atoms with Gasteiger partial charge in [-0.15, -0.1) is 0 Å². The minimum atomic E-state index is 0.187. The highest BCUT2D eigenvalue weighted by molar-refractivity contribution is 5.85. The quantitative estimate of drug-likeness (QED) is 0.416. The van der Waals surface area contributed by atoms with Crippen LogP contribution in [-0.4, -0.2) is 16.4 Å². The van der Waals surface area contributed by atoms with E-state index in [-0.39, 0.29) is 11.5 Å². The van der Waals surface area contributed by atoms with E-state index in [1.54, 1.807) is 42.6 Å². The van der Waals surface area contributed by atoms with Crippen molar-refractivity contribution in [3.05, 3.63) is 95.6 Å². The van der Waals surface area contributed by atoms with Crippen LogP contribution in [0.15, 0.2) is 77.8 Å². The summed E-state index contributed by atoms with van der Waals surface area (Å²) in [4.78, 5) is 4.44. The molecule has 24 heavy (non-hydrogen) atoms. The summed E-state index contributed by atoms with van der Waals surface area (Å²) in [7, 11) is 0. The Balaban J connectivity index is 1.89. The molecule has 0 unspecified atom stereocenters. The number of para-hydroxylation sites is 3. The van der Waals surface area contributed by atoms with Crippen molar-refractivity contribution in [3.63, 3.8) is 0 Å². The maximum atomic E-state index is 9.81. The van der Waals surface area contributed by atoms with Crippen molar-refractivity contribution in [1.82, 2.24) is 0 Å². The zero-order valence-corrected chi connectivity index (χ0v) is 12.9. The van der Waals surface area contributed by atoms with Crippen LogP contribution in [0.1, 0.15) is 16.7 Å². The Morgan fingerprint density at radius 2 is 1.29 bits per heavy atom. The second kappa shape index (κ2) is 7.23. The van der Waals surface area contributed by atoms with Crippen LogP contribution >= 0.6 is 0 Å². The molecule has 3 heteroatoms. The molecule has 0 aliphatic carbocycles. The van der Waals surface area contributed by atoms with E-state index in [0.717, 1.165) is 11.3 Å². The van der Waals surface area contributed by atoms with Crippen molar-refractivity contribution in [3.8, 4) is 11.5 Å². The number of phenolic OH excluding ortho intramolecular Hbond substituents is 2. The topological polar surface area (TPSA) is 52.8 Å². The number of aromatic hydroxyl groups is 2. The summed E-state index contributed by atoms with van der Waals surface area (Å²) in [6.07, 6.45) is 6.51. The minimum Gasteiger partial charge on any atom is -0.507 e. The van der Waals surface area contributed by atoms with Gasteiger partial charge in [0.05, 0.1) is 17.9 Å². The van der Waals surface area contributed by atoms with E-state index in [9.17, 15) is 10.2 Å². The molecule has 0 saturated heterocycles. The molecule has 0 aliphatic rings. The molecule has 0 aliphatic heterocycles. The van der Waals surface area contributed by atoms with Gasteiger partial charge >= 0.3 is 0 Å². The van der Waals surface area contributed by atoms with Crippen molar-refractivity contribution in [2.45, 2.75) is 0 Å². The summed E-state index contributed by atoms with van der Waals surface area (Å²) in [5, 5.41) is 19.6. The lowest BCUT2D eigenvalue weighted by atomic mass is 10.1. The predicted octanol–water partition coefficient (Wildman–Crippen LogP) is 4.71. The Morgan fingerprint density at radius 1 is 0.708 bits per heavy atom. The highest BCUT2D eigenvalue weighted by Gasteiger charge is 2.07. The summed E-state index contributed by atoms with van der Waals surface area (Å²) in [5.74, 6) is 0.396. The van der Waals surface area contributed by atoms with Gasteiger partial charge in [0.2, 0.25) is 0 Å². The van der Waals surface area contributed by atoms with E-state index in [4.69, 9.17) is 0 Å². The highest BCUT2D eigenvalue weighted by Crippen LogP contribution is 2.23. The first-order valence-electron chi connectivity index (χ1n) is 7.53. The molecule has 0 aromatic heterocycles. The number of benzene rings is 3. The minimum absolute atomic E-state index is 0.187. The first-order chi connectivity index (χ1) is 11.7. The molecule has 116 valence electrons. The van der Waals surface area contributed by atoms with Gasteiger partial charge in [0.15, 0.2) is 17.0 Å². The van der Waals surface area contributed by atoms with Crippen LogP contribution in [0.3, 0.4) is 0 Å². The molecule has 0 atom stereocenters. The lowest BCUT2D eigenvalue weighted by Gasteiger charge is -1.97. The Hall–Kier alpha value is -3.42. The second-order valence-electron chi connectivity index (χ2n) is 5.18. The number of rotatable bonds is 4. The van der Waals surface area contributed by atoms with Crippen molar-refractivity contribution in [2.75, 3.05) is 0 Å². The van der Waals surface area contributed by atoms with Crippen LogP contribution in [0, 0.1) is 6.08 Å². The van der Waals surface area contributed by atoms with E-state index in [2.05, 4.69) is 11.1 Å². The fourth-order valence-corrected chi connectivity index (χ4v) is 2.21. The molecule has 3 aromatic rings. The zero-order valence-electron chi connectivity index (χ0n) is 12.9. The summed E-state index contributed by atoms with van der Waals surface area (Å²) < 4.78 is 0. The molecule has 0 spiro atoms. The van der Waals surface area contributed by atoms with Gasteiger partial charge in [0.25, 0.3) is 0 Å². The molecule has 0 radical (unpaired) electrons. The third-order valence-corrected chi connectivity index (χ3v) is 3.50. The van der Waals surface area contributed by atoms with Crippen LogP contribution in [0.4, 0.5) is 5.69 Å². The third-order valence-electron chi connectivity index (χ3n) is 3.50. The normalized spacial score (nSPS) is 11.0. The molecule has 3 rings (SSSR count). The van der Waals surface area contributed by atoms with Crippen molar-refractivity contribution >= 4 is 18.0 Å². The van der Waals surface area contributed by atoms with Gasteiger partial charge in [-0.25, -0.2) is 4.99 Å². The molecule has 0 amide bonds. The maximum absolute atomic E-state index is 9.81. The van der Waals surface area contributed by atoms with E-state index in [1.807, 2.05) is 42.5 Å². The van der Waals surface area contributed by atoms with Crippen LogP contribution in [0.2, 0.25) is 0 Å². The Morgan fingerprint density at radius 3 is 2.00 bits per heavy atom. The smallest absolute Gasteiger partial charge is 0.172 e. The first kappa shape index (κ1) is 15.5. The maximum Gasteiger partial charge on any atom is 0.172 e. The lowest BCUT2D eigenvalue weighted by Crippen LogP contribution is -1.83. The second-order valence-corrected chi connectivity index (χ2v) is 5.18. The third kappa shape index (κ3) is 3.67. The van der Waals surface area contributed by atoms with Gasteiger partial charge in [0.1, 0.15) is 5.75 Å². The van der Waals surface area contributed by atoms with Gasteiger partial charge in [-0.3, -0.25) is 0 Å². The molecule has 0 saturated carbocycles. The van der Waals surface area contributed by atoms with Crippen LogP contribution in [0.5, 0.6) is 11.5 Å². The Kier molecular flexibility index (Phi) is 4.66. The molecule has 3 nitrogen and oxygen atoms in total.